The summed E-state index contributed by atoms with van der Waals surface area (Å²) in [5.41, 5.74) is 0. The molecule has 0 saturated carbocycles. The molecule has 0 bridgehead atoms. The van der Waals surface area contributed by atoms with Crippen LogP contribution in [0.5, 0.6) is 0 Å². The molecule has 0 saturated heterocycles. The lowest BCUT2D eigenvalue weighted by Gasteiger charge is -2.28. The van der Waals surface area contributed by atoms with Crippen molar-refractivity contribution < 1.29 is 13.3 Å². The Kier molecular flexibility index (Phi) is 10.9. The first-order valence-corrected chi connectivity index (χ1v) is 8.74. The Hall–Kier alpha value is -0.163. The van der Waals surface area contributed by atoms with Crippen LogP contribution in [-0.2, 0) is 13.3 Å². The van der Waals surface area contributed by atoms with Gasteiger partial charge in [0.25, 0.3) is 0 Å². The van der Waals surface area contributed by atoms with Crippen molar-refractivity contribution in [2.24, 2.45) is 0 Å². The lowest BCUT2D eigenvalue weighted by molar-refractivity contribution is 0.0716. The molecule has 0 aliphatic rings. The first-order chi connectivity index (χ1) is 8.24. The van der Waals surface area contributed by atoms with E-state index in [4.69, 9.17) is 13.3 Å². The Morgan fingerprint density at radius 1 is 0.765 bits per heavy atom. The molecule has 0 radical (unpaired) electrons. The fourth-order valence-electron chi connectivity index (χ4n) is 1.66. The zero-order valence-electron chi connectivity index (χ0n) is 11.8. The molecule has 0 spiro atoms. The summed E-state index contributed by atoms with van der Waals surface area (Å²) >= 11 is 0. The second-order valence-corrected chi connectivity index (χ2v) is 6.51. The van der Waals surface area contributed by atoms with E-state index < -0.39 is 8.80 Å². The molecule has 0 atom stereocenters. The van der Waals surface area contributed by atoms with Crippen molar-refractivity contribution in [1.82, 2.24) is 0 Å². The quantitative estimate of drug-likeness (QED) is 0.418. The molecule has 0 aromatic rings. The van der Waals surface area contributed by atoms with E-state index in [2.05, 4.69) is 19.1 Å². The van der Waals surface area contributed by atoms with Gasteiger partial charge in [-0.1, -0.05) is 25.5 Å². The number of hydrogen-bond donors (Lipinski definition) is 0. The van der Waals surface area contributed by atoms with E-state index in [0.29, 0.717) is 19.8 Å². The highest BCUT2D eigenvalue weighted by atomic mass is 28.4. The number of rotatable bonds is 11. The largest absolute Gasteiger partial charge is 0.501 e. The molecule has 0 aromatic heterocycles. The van der Waals surface area contributed by atoms with Gasteiger partial charge in [-0.2, -0.15) is 0 Å². The molecule has 0 fully saturated rings. The zero-order chi connectivity index (χ0) is 13.0. The van der Waals surface area contributed by atoms with E-state index in [-0.39, 0.29) is 0 Å². The Labute approximate surface area is 108 Å². The van der Waals surface area contributed by atoms with Crippen molar-refractivity contribution in [2.45, 2.75) is 53.0 Å². The Morgan fingerprint density at radius 3 is 1.65 bits per heavy atom. The minimum Gasteiger partial charge on any atom is -0.374 e. The van der Waals surface area contributed by atoms with Crippen LogP contribution in [0.2, 0.25) is 6.04 Å². The van der Waals surface area contributed by atoms with Gasteiger partial charge < -0.3 is 13.3 Å². The van der Waals surface area contributed by atoms with Crippen molar-refractivity contribution in [3.05, 3.63) is 12.2 Å². The van der Waals surface area contributed by atoms with E-state index in [0.717, 1.165) is 18.9 Å². The van der Waals surface area contributed by atoms with Gasteiger partial charge in [0.05, 0.1) is 0 Å². The fourth-order valence-corrected chi connectivity index (χ4v) is 4.19. The molecule has 3 nitrogen and oxygen atoms in total. The Bertz CT molecular complexity index is 178. The van der Waals surface area contributed by atoms with Gasteiger partial charge in [-0.3, -0.25) is 0 Å². The third kappa shape index (κ3) is 7.71. The Balaban J connectivity index is 4.23. The molecular weight excluding hydrogens is 232 g/mol. The van der Waals surface area contributed by atoms with Crippen LogP contribution in [0.4, 0.5) is 0 Å². The Morgan fingerprint density at radius 2 is 1.24 bits per heavy atom. The summed E-state index contributed by atoms with van der Waals surface area (Å²) < 4.78 is 17.3. The third-order valence-corrected chi connectivity index (χ3v) is 5.42. The van der Waals surface area contributed by atoms with E-state index >= 15 is 0 Å². The monoisotopic (exact) mass is 260 g/mol. The molecule has 0 aromatic carbocycles. The lowest BCUT2D eigenvalue weighted by atomic mass is 10.3. The maximum Gasteiger partial charge on any atom is 0.501 e. The fraction of sp³-hybridized carbons (Fsp3) is 0.846. The average Bonchev–Trinajstić information content (AvgIpc) is 2.30. The first-order valence-electron chi connectivity index (χ1n) is 6.81. The van der Waals surface area contributed by atoms with Crippen LogP contribution in [-0.4, -0.2) is 28.6 Å². The van der Waals surface area contributed by atoms with Gasteiger partial charge in [-0.15, -0.1) is 0 Å². The molecule has 0 heterocycles. The van der Waals surface area contributed by atoms with E-state index in [9.17, 15) is 0 Å². The molecule has 0 rings (SSSR count). The molecule has 0 N–H and O–H groups in total. The van der Waals surface area contributed by atoms with Crippen LogP contribution in [0.25, 0.3) is 0 Å². The highest BCUT2D eigenvalue weighted by molar-refractivity contribution is 6.60. The van der Waals surface area contributed by atoms with Crippen LogP contribution < -0.4 is 0 Å². The molecular formula is C13H28O3Si. The SMILES string of the molecule is CCCC=CCC[Si](OCC)(OCC)OCC. The van der Waals surface area contributed by atoms with Gasteiger partial charge in [0.1, 0.15) is 0 Å². The standard InChI is InChI=1S/C13H28O3Si/c1-5-9-10-11-12-13-17(14-6-2,15-7-3)16-8-4/h10-11H,5-9,12-13H2,1-4H3. The lowest BCUT2D eigenvalue weighted by Crippen LogP contribution is -2.45. The molecule has 0 aliphatic heterocycles. The predicted octanol–water partition coefficient (Wildman–Crippen LogP) is 3.78. The van der Waals surface area contributed by atoms with Crippen LogP contribution in [0.15, 0.2) is 12.2 Å². The minimum atomic E-state index is -2.41. The third-order valence-electron chi connectivity index (χ3n) is 2.33. The van der Waals surface area contributed by atoms with Gasteiger partial charge in [0.2, 0.25) is 0 Å². The zero-order valence-corrected chi connectivity index (χ0v) is 12.8. The second-order valence-electron chi connectivity index (χ2n) is 3.78. The van der Waals surface area contributed by atoms with E-state index in [1.54, 1.807) is 0 Å². The molecule has 0 unspecified atom stereocenters. The van der Waals surface area contributed by atoms with Gasteiger partial charge >= 0.3 is 8.80 Å². The van der Waals surface area contributed by atoms with Gasteiger partial charge in [-0.05, 0) is 33.6 Å². The summed E-state index contributed by atoms with van der Waals surface area (Å²) in [6, 6.07) is 0.878. The van der Waals surface area contributed by atoms with Crippen molar-refractivity contribution >= 4 is 8.80 Å². The average molecular weight is 260 g/mol. The van der Waals surface area contributed by atoms with Crippen LogP contribution >= 0.6 is 0 Å². The summed E-state index contributed by atoms with van der Waals surface area (Å²) in [4.78, 5) is 0. The molecule has 4 heteroatoms. The minimum absolute atomic E-state index is 0.658. The summed E-state index contributed by atoms with van der Waals surface area (Å²) in [5.74, 6) is 0. The topological polar surface area (TPSA) is 27.7 Å². The number of unbranched alkanes of at least 4 members (excludes halogenated alkanes) is 1. The highest BCUT2D eigenvalue weighted by Gasteiger charge is 2.39. The van der Waals surface area contributed by atoms with Crippen molar-refractivity contribution in [3.8, 4) is 0 Å². The molecule has 0 aliphatic carbocycles. The van der Waals surface area contributed by atoms with Crippen LogP contribution in [0, 0.1) is 0 Å². The van der Waals surface area contributed by atoms with Gasteiger partial charge in [0.15, 0.2) is 0 Å². The van der Waals surface area contributed by atoms with Crippen molar-refractivity contribution in [1.29, 1.82) is 0 Å². The summed E-state index contributed by atoms with van der Waals surface area (Å²) in [5, 5.41) is 0. The van der Waals surface area contributed by atoms with Gasteiger partial charge in [-0.25, -0.2) is 0 Å². The smallest absolute Gasteiger partial charge is 0.374 e. The number of hydrogen-bond acceptors (Lipinski definition) is 3. The van der Waals surface area contributed by atoms with Crippen LogP contribution in [0.3, 0.4) is 0 Å². The van der Waals surface area contributed by atoms with Crippen molar-refractivity contribution in [2.75, 3.05) is 19.8 Å². The maximum atomic E-state index is 5.78. The highest BCUT2D eigenvalue weighted by Crippen LogP contribution is 2.18. The summed E-state index contributed by atoms with van der Waals surface area (Å²) in [7, 11) is -2.41. The molecule has 102 valence electrons. The summed E-state index contributed by atoms with van der Waals surface area (Å²) in [6.45, 7) is 10.1. The maximum absolute atomic E-state index is 5.78. The predicted molar refractivity (Wildman–Crippen MR) is 74.1 cm³/mol. The van der Waals surface area contributed by atoms with Gasteiger partial charge in [0, 0.05) is 25.9 Å². The van der Waals surface area contributed by atoms with Crippen molar-refractivity contribution in [3.63, 3.8) is 0 Å². The van der Waals surface area contributed by atoms with E-state index in [1.807, 2.05) is 20.8 Å². The molecule has 0 amide bonds. The second kappa shape index (κ2) is 11.0. The first kappa shape index (κ1) is 16.8. The number of allylic oxidation sites excluding steroid dienone is 2. The summed E-state index contributed by atoms with van der Waals surface area (Å²) in [6.07, 6.45) is 7.76. The normalized spacial score (nSPS) is 12.5. The van der Waals surface area contributed by atoms with E-state index in [1.165, 1.54) is 6.42 Å². The molecule has 17 heavy (non-hydrogen) atoms. The van der Waals surface area contributed by atoms with Crippen LogP contribution in [0.1, 0.15) is 47.0 Å².